The van der Waals surface area contributed by atoms with Gasteiger partial charge in [0.2, 0.25) is 29.5 Å². The highest BCUT2D eigenvalue weighted by molar-refractivity contribution is 5.93. The van der Waals surface area contributed by atoms with E-state index in [4.69, 9.17) is 14.2 Å². The van der Waals surface area contributed by atoms with Gasteiger partial charge < -0.3 is 39.5 Å². The Morgan fingerprint density at radius 3 is 1.93 bits per heavy atom. The van der Waals surface area contributed by atoms with Crippen molar-refractivity contribution >= 4 is 35.5 Å². The average molecular weight is 816 g/mol. The van der Waals surface area contributed by atoms with E-state index in [0.717, 1.165) is 5.56 Å². The number of benzene rings is 1. The van der Waals surface area contributed by atoms with Crippen LogP contribution < -0.4 is 10.6 Å². The van der Waals surface area contributed by atoms with Crippen LogP contribution >= 0.6 is 0 Å². The summed E-state index contributed by atoms with van der Waals surface area (Å²) in [4.78, 5) is 86.6. The first-order valence-electron chi connectivity index (χ1n) is 20.9. The number of nitrogens with zero attached hydrogens (tertiary/aromatic N) is 3. The van der Waals surface area contributed by atoms with Gasteiger partial charge in [-0.25, -0.2) is 4.79 Å². The molecule has 1 heterocycles. The van der Waals surface area contributed by atoms with Gasteiger partial charge in [0.1, 0.15) is 18.1 Å². The summed E-state index contributed by atoms with van der Waals surface area (Å²) in [5, 5.41) is 5.83. The number of carbonyl (C=O) groups is 6. The lowest BCUT2D eigenvalue weighted by atomic mass is 9.89. The zero-order valence-electron chi connectivity index (χ0n) is 37.6. The molecule has 5 amide bonds. The molecule has 0 aromatic heterocycles. The van der Waals surface area contributed by atoms with Crippen LogP contribution in [-0.2, 0) is 49.4 Å². The number of methoxy groups -OCH3 is 3. The molecule has 9 atom stereocenters. The Balaban J connectivity index is 2.31. The number of carbonyl (C=O) groups excluding carboxylic acids is 6. The largest absolute Gasteiger partial charge is 0.467 e. The molecular weight excluding hydrogens is 743 g/mol. The zero-order valence-corrected chi connectivity index (χ0v) is 37.6. The van der Waals surface area contributed by atoms with Crippen LogP contribution in [0.25, 0.3) is 0 Å². The average Bonchev–Trinajstić information content (AvgIpc) is 3.68. The van der Waals surface area contributed by atoms with Gasteiger partial charge in [-0.2, -0.15) is 0 Å². The Bertz CT molecular complexity index is 1510. The maximum Gasteiger partial charge on any atom is 0.328 e. The highest BCUT2D eigenvalue weighted by Gasteiger charge is 2.44. The molecule has 328 valence electrons. The molecule has 2 N–H and O–H groups in total. The topological polar surface area (TPSA) is 164 Å². The molecule has 1 aliphatic heterocycles. The minimum Gasteiger partial charge on any atom is -0.467 e. The lowest BCUT2D eigenvalue weighted by Crippen LogP contribution is -2.60. The van der Waals surface area contributed by atoms with Gasteiger partial charge in [-0.3, -0.25) is 24.0 Å². The third-order valence-electron chi connectivity index (χ3n) is 11.7. The maximum atomic E-state index is 14.4. The summed E-state index contributed by atoms with van der Waals surface area (Å²) in [6.45, 7) is 17.2. The summed E-state index contributed by atoms with van der Waals surface area (Å²) in [7, 11) is 7.63. The minimum atomic E-state index is -0.906. The fraction of sp³-hybridized carbons (Fsp3) is 0.727. The monoisotopic (exact) mass is 816 g/mol. The normalized spacial score (nSPS) is 18.4. The predicted octanol–water partition coefficient (Wildman–Crippen LogP) is 4.09. The van der Waals surface area contributed by atoms with Crippen molar-refractivity contribution < 1.29 is 43.0 Å². The molecule has 58 heavy (non-hydrogen) atoms. The second-order valence-electron chi connectivity index (χ2n) is 16.9. The van der Waals surface area contributed by atoms with E-state index in [1.54, 1.807) is 44.7 Å². The Kier molecular flexibility index (Phi) is 20.3. The Morgan fingerprint density at radius 2 is 1.43 bits per heavy atom. The van der Waals surface area contributed by atoms with Gasteiger partial charge in [-0.05, 0) is 36.2 Å². The molecule has 14 nitrogen and oxygen atoms in total. The first-order valence-corrected chi connectivity index (χ1v) is 20.9. The summed E-state index contributed by atoms with van der Waals surface area (Å²) >= 11 is 0. The minimum absolute atomic E-state index is 0.0334. The van der Waals surface area contributed by atoms with Gasteiger partial charge in [0, 0.05) is 47.2 Å². The van der Waals surface area contributed by atoms with E-state index in [0.29, 0.717) is 25.8 Å². The van der Waals surface area contributed by atoms with Crippen molar-refractivity contribution in [3.63, 3.8) is 0 Å². The smallest absolute Gasteiger partial charge is 0.328 e. The van der Waals surface area contributed by atoms with Crippen LogP contribution in [0.15, 0.2) is 30.3 Å². The predicted molar refractivity (Wildman–Crippen MR) is 223 cm³/mol. The zero-order chi connectivity index (χ0) is 44.0. The van der Waals surface area contributed by atoms with Crippen LogP contribution in [0.4, 0.5) is 0 Å². The molecule has 0 radical (unpaired) electrons. The van der Waals surface area contributed by atoms with Crippen molar-refractivity contribution in [2.75, 3.05) is 42.0 Å². The third kappa shape index (κ3) is 13.0. The lowest BCUT2D eigenvalue weighted by Gasteiger charge is -2.41. The van der Waals surface area contributed by atoms with Crippen LogP contribution in [0.2, 0.25) is 0 Å². The van der Waals surface area contributed by atoms with Crippen molar-refractivity contribution in [3.05, 3.63) is 35.9 Å². The molecule has 14 heteroatoms. The number of likely N-dealkylation sites (tertiary alicyclic amines) is 1. The molecule has 0 aliphatic carbocycles. The van der Waals surface area contributed by atoms with E-state index in [-0.39, 0.29) is 54.2 Å². The summed E-state index contributed by atoms with van der Waals surface area (Å²) in [6, 6.07) is 5.82. The van der Waals surface area contributed by atoms with Crippen LogP contribution in [0.5, 0.6) is 0 Å². The van der Waals surface area contributed by atoms with Crippen LogP contribution in [-0.4, -0.2) is 135 Å². The Morgan fingerprint density at radius 1 is 0.810 bits per heavy atom. The van der Waals surface area contributed by atoms with Gasteiger partial charge in [-0.1, -0.05) is 99.1 Å². The van der Waals surface area contributed by atoms with Gasteiger partial charge in [0.15, 0.2) is 0 Å². The highest BCUT2D eigenvalue weighted by atomic mass is 16.5. The van der Waals surface area contributed by atoms with Crippen LogP contribution in [0.1, 0.15) is 93.6 Å². The van der Waals surface area contributed by atoms with E-state index in [1.807, 2.05) is 71.9 Å². The molecule has 0 saturated carbocycles. The number of hydrogen-bond acceptors (Lipinski definition) is 9. The van der Waals surface area contributed by atoms with Gasteiger partial charge in [-0.15, -0.1) is 0 Å². The highest BCUT2D eigenvalue weighted by Crippen LogP contribution is 2.30. The SMILES string of the molecule is CC[C@H](C)[C@@H]([C@@H](CC(=O)N1CCC[C@H]1[C@H](OC)[C@@H](C)C(=O)N[C@@H](Cc1ccccc1)C(=O)OC)OC)N(C)C(=O)[C@@H](NC(=O)[C@H](C(C)C)N(C)C(=O)C(C)C)C(C)C. The number of rotatable bonds is 22. The quantitative estimate of drug-likeness (QED) is 0.164. The van der Waals surface area contributed by atoms with Gasteiger partial charge in [0.05, 0.1) is 43.7 Å². The third-order valence-corrected chi connectivity index (χ3v) is 11.7. The van der Waals surface area contributed by atoms with E-state index in [9.17, 15) is 28.8 Å². The molecule has 1 aromatic carbocycles. The van der Waals surface area contributed by atoms with Gasteiger partial charge in [0.25, 0.3) is 0 Å². The number of hydrogen-bond donors (Lipinski definition) is 2. The number of esters is 1. The van der Waals surface area contributed by atoms with E-state index < -0.39 is 66.1 Å². The van der Waals surface area contributed by atoms with Crippen molar-refractivity contribution in [2.24, 2.45) is 29.6 Å². The fourth-order valence-corrected chi connectivity index (χ4v) is 8.24. The van der Waals surface area contributed by atoms with Crippen molar-refractivity contribution in [1.29, 1.82) is 0 Å². The molecule has 1 aromatic rings. The molecule has 0 spiro atoms. The van der Waals surface area contributed by atoms with Crippen molar-refractivity contribution in [3.8, 4) is 0 Å². The standard InChI is InChI=1S/C44H73N5O9/c1-15-29(8)38(48(11)43(54)36(26(2)3)46-41(52)37(27(4)5)47(10)42(53)28(6)7)34(56-12)25-35(50)49-23-19-22-33(49)39(57-13)30(9)40(51)45-32(44(55)58-14)24-31-20-17-16-18-21-31/h16-18,20-21,26-30,32-34,36-39H,15,19,22-25H2,1-14H3,(H,45,51)(H,46,52)/t29-,30+,32-,33-,34+,36-,37-,38-,39+/m0/s1. The first-order chi connectivity index (χ1) is 27.3. The fourth-order valence-electron chi connectivity index (χ4n) is 8.24. The van der Waals surface area contributed by atoms with Crippen LogP contribution in [0, 0.1) is 29.6 Å². The van der Waals surface area contributed by atoms with Crippen molar-refractivity contribution in [1.82, 2.24) is 25.3 Å². The molecule has 0 bridgehead atoms. The first kappa shape index (κ1) is 50.1. The second-order valence-corrected chi connectivity index (χ2v) is 16.9. The van der Waals surface area contributed by atoms with E-state index in [1.165, 1.54) is 26.2 Å². The summed E-state index contributed by atoms with van der Waals surface area (Å²) in [6.07, 6.45) is 0.866. The van der Waals surface area contributed by atoms with E-state index >= 15 is 0 Å². The summed E-state index contributed by atoms with van der Waals surface area (Å²) < 4.78 is 17.0. The number of likely N-dealkylation sites (N-methyl/N-ethyl adjacent to an activating group) is 2. The molecule has 2 rings (SSSR count). The second kappa shape index (κ2) is 23.5. The summed E-state index contributed by atoms with van der Waals surface area (Å²) in [5.74, 6) is -3.63. The summed E-state index contributed by atoms with van der Waals surface area (Å²) in [5.41, 5.74) is 0.865. The lowest BCUT2D eigenvalue weighted by molar-refractivity contribution is -0.149. The Labute approximate surface area is 347 Å². The number of amides is 5. The van der Waals surface area contributed by atoms with E-state index in [2.05, 4.69) is 10.6 Å². The molecule has 0 unspecified atom stereocenters. The molecular formula is C44H73N5O9. The maximum absolute atomic E-state index is 14.4. The molecule has 1 aliphatic rings. The van der Waals surface area contributed by atoms with Crippen molar-refractivity contribution in [2.45, 2.75) is 137 Å². The Hall–Kier alpha value is -4.04. The number of ether oxygens (including phenoxy) is 3. The van der Waals surface area contributed by atoms with Crippen LogP contribution in [0.3, 0.4) is 0 Å². The molecule has 1 saturated heterocycles. The molecule has 1 fully saturated rings. The van der Waals surface area contributed by atoms with Gasteiger partial charge >= 0.3 is 5.97 Å². The number of nitrogens with one attached hydrogen (secondary N) is 2.